The van der Waals surface area contributed by atoms with Crippen LogP contribution in [0.3, 0.4) is 0 Å². The predicted molar refractivity (Wildman–Crippen MR) is 234 cm³/mol. The highest BCUT2D eigenvalue weighted by molar-refractivity contribution is 7.46. The Morgan fingerprint density at radius 2 is 0.732 bits per heavy atom. The number of phosphoric ester groups is 1. The maximum absolute atomic E-state index is 12.4. The zero-order valence-electron chi connectivity index (χ0n) is 34.0. The molecule has 0 aliphatic carbocycles. The van der Waals surface area contributed by atoms with Crippen LogP contribution in [0.4, 0.5) is 0 Å². The van der Waals surface area contributed by atoms with Gasteiger partial charge in [-0.2, -0.15) is 0 Å². The topological polar surface area (TPSA) is 119 Å². The molecule has 0 aliphatic heterocycles. The van der Waals surface area contributed by atoms with Crippen LogP contribution in [-0.2, 0) is 28.2 Å². The van der Waals surface area contributed by atoms with E-state index in [1.54, 1.807) is 0 Å². The molecule has 0 aromatic carbocycles. The van der Waals surface area contributed by atoms with Crippen LogP contribution >= 0.6 is 7.82 Å². The van der Waals surface area contributed by atoms with E-state index in [4.69, 9.17) is 19.3 Å². The first-order chi connectivity index (χ1) is 27.3. The third-order valence-electron chi connectivity index (χ3n) is 7.38. The van der Waals surface area contributed by atoms with Crippen molar-refractivity contribution in [2.75, 3.05) is 13.2 Å². The lowest BCUT2D eigenvalue weighted by Gasteiger charge is -2.18. The van der Waals surface area contributed by atoms with E-state index in [0.29, 0.717) is 12.8 Å². The van der Waals surface area contributed by atoms with Crippen molar-refractivity contribution in [3.63, 3.8) is 0 Å². The number of hydrogen-bond acceptors (Lipinski definition) is 6. The molecule has 0 saturated carbocycles. The number of allylic oxidation sites excluding steroid dienone is 24. The van der Waals surface area contributed by atoms with E-state index in [1.165, 1.54) is 0 Å². The third kappa shape index (κ3) is 42.7. The number of esters is 2. The molecule has 0 saturated heterocycles. The smallest absolute Gasteiger partial charge is 0.462 e. The summed E-state index contributed by atoms with van der Waals surface area (Å²) in [5, 5.41) is 0. The highest BCUT2D eigenvalue weighted by Gasteiger charge is 2.22. The monoisotopic (exact) mass is 792 g/mol. The van der Waals surface area contributed by atoms with E-state index in [-0.39, 0.29) is 19.4 Å². The van der Waals surface area contributed by atoms with E-state index in [0.717, 1.165) is 77.0 Å². The van der Waals surface area contributed by atoms with Gasteiger partial charge in [0.1, 0.15) is 6.61 Å². The van der Waals surface area contributed by atoms with Crippen molar-refractivity contribution in [2.24, 2.45) is 0 Å². The molecule has 0 unspecified atom stereocenters. The average Bonchev–Trinajstić information content (AvgIpc) is 3.17. The molecule has 0 aromatic rings. The second-order valence-electron chi connectivity index (χ2n) is 12.5. The molecule has 0 rings (SSSR count). The van der Waals surface area contributed by atoms with Crippen LogP contribution in [0.25, 0.3) is 0 Å². The molecule has 56 heavy (non-hydrogen) atoms. The third-order valence-corrected chi connectivity index (χ3v) is 7.87. The lowest BCUT2D eigenvalue weighted by atomic mass is 10.2. The lowest BCUT2D eigenvalue weighted by molar-refractivity contribution is -0.161. The van der Waals surface area contributed by atoms with Crippen molar-refractivity contribution in [3.05, 3.63) is 146 Å². The average molecular weight is 793 g/mol. The van der Waals surface area contributed by atoms with Gasteiger partial charge in [0.15, 0.2) is 6.10 Å². The van der Waals surface area contributed by atoms with Gasteiger partial charge in [-0.15, -0.1) is 0 Å². The molecule has 0 fully saturated rings. The van der Waals surface area contributed by atoms with Gasteiger partial charge in [-0.3, -0.25) is 14.1 Å². The van der Waals surface area contributed by atoms with E-state index < -0.39 is 32.5 Å². The maximum Gasteiger partial charge on any atom is 0.469 e. The number of hydrogen-bond donors (Lipinski definition) is 2. The molecule has 310 valence electrons. The Morgan fingerprint density at radius 3 is 1.04 bits per heavy atom. The molecule has 0 radical (unpaired) electrons. The number of carbonyl (C=O) groups excluding carboxylic acids is 2. The summed E-state index contributed by atoms with van der Waals surface area (Å²) in [7, 11) is -4.80. The minimum atomic E-state index is -4.80. The molecule has 0 amide bonds. The van der Waals surface area contributed by atoms with Crippen LogP contribution < -0.4 is 0 Å². The number of rotatable bonds is 34. The van der Waals surface area contributed by atoms with Gasteiger partial charge in [-0.1, -0.05) is 160 Å². The summed E-state index contributed by atoms with van der Waals surface area (Å²) in [6.45, 7) is 3.30. The summed E-state index contributed by atoms with van der Waals surface area (Å²) in [6.07, 6.45) is 61.6. The summed E-state index contributed by atoms with van der Waals surface area (Å²) in [4.78, 5) is 42.7. The Hall–Kier alpha value is -4.07. The fourth-order valence-corrected chi connectivity index (χ4v) is 4.84. The van der Waals surface area contributed by atoms with Gasteiger partial charge >= 0.3 is 19.8 Å². The molecule has 0 aliphatic rings. The highest BCUT2D eigenvalue weighted by Crippen LogP contribution is 2.35. The first kappa shape index (κ1) is 51.9. The van der Waals surface area contributed by atoms with Gasteiger partial charge in [-0.25, -0.2) is 4.57 Å². The van der Waals surface area contributed by atoms with Crippen LogP contribution in [0, 0.1) is 0 Å². The molecule has 2 N–H and O–H groups in total. The molecule has 0 bridgehead atoms. The Balaban J connectivity index is 4.24. The first-order valence-corrected chi connectivity index (χ1v) is 21.7. The number of carbonyl (C=O) groups is 2. The Kier molecular flexibility index (Phi) is 37.6. The SMILES string of the molecule is CC/C=C/C/C=C/C/C=C/C/C=C/C/C=C/C/C=C/CCC(=O)OC[C@H](COP(=O)(O)O)OC(=O)CC/C=C/C/C=C/C/C=C/C/C=C/C/C=C/C/C=C/CC. The van der Waals surface area contributed by atoms with Gasteiger partial charge in [0.05, 0.1) is 6.61 Å². The maximum atomic E-state index is 12.4. The number of phosphoric acid groups is 1. The minimum absolute atomic E-state index is 0.0607. The van der Waals surface area contributed by atoms with Crippen molar-refractivity contribution in [1.82, 2.24) is 0 Å². The molecular formula is C47H69O8P. The molecule has 8 nitrogen and oxygen atoms in total. The van der Waals surface area contributed by atoms with Gasteiger partial charge in [0.25, 0.3) is 0 Å². The van der Waals surface area contributed by atoms with Crippen molar-refractivity contribution in [1.29, 1.82) is 0 Å². The van der Waals surface area contributed by atoms with Crippen molar-refractivity contribution < 1.29 is 37.9 Å². The standard InChI is InChI=1S/C47H69O8P/c1-3-5-7-9-11-13-15-17-19-21-23-25-27-29-31-33-35-37-39-41-46(48)53-43-45(44-54-56(50,51)52)55-47(49)42-40-38-36-34-32-30-28-26-24-22-20-18-16-14-12-10-8-6-4-2/h5-8,11-14,17-20,23-26,29-32,35-38,45H,3-4,9-10,15-16,21-22,27-28,33-34,39-44H2,1-2H3,(H2,50,51,52)/b7-5+,8-6+,13-11+,14-12+,19-17+,20-18+,25-23+,26-24+,31-29+,32-30+,37-35+,38-36+/t45-/m1/s1. The highest BCUT2D eigenvalue weighted by atomic mass is 31.2. The van der Waals surface area contributed by atoms with E-state index in [1.807, 2.05) is 24.3 Å². The zero-order chi connectivity index (χ0) is 41.1. The molecule has 0 aromatic heterocycles. The molecule has 9 heteroatoms. The van der Waals surface area contributed by atoms with E-state index >= 15 is 0 Å². The first-order valence-electron chi connectivity index (χ1n) is 20.1. The second-order valence-corrected chi connectivity index (χ2v) is 13.7. The predicted octanol–water partition coefficient (Wildman–Crippen LogP) is 12.5. The second kappa shape index (κ2) is 40.6. The summed E-state index contributed by atoms with van der Waals surface area (Å²) >= 11 is 0. The fraction of sp³-hybridized carbons (Fsp3) is 0.447. The van der Waals surface area contributed by atoms with E-state index in [9.17, 15) is 14.2 Å². The Bertz CT molecular complexity index is 1400. The quantitative estimate of drug-likeness (QED) is 0.0375. The Morgan fingerprint density at radius 1 is 0.446 bits per heavy atom. The zero-order valence-corrected chi connectivity index (χ0v) is 34.8. The Labute approximate surface area is 338 Å². The van der Waals surface area contributed by atoms with Crippen LogP contribution in [0.5, 0.6) is 0 Å². The van der Waals surface area contributed by atoms with Crippen LogP contribution in [0.2, 0.25) is 0 Å². The van der Waals surface area contributed by atoms with Crippen LogP contribution in [0.15, 0.2) is 146 Å². The van der Waals surface area contributed by atoms with Crippen LogP contribution in [-0.4, -0.2) is 41.0 Å². The number of ether oxygens (including phenoxy) is 2. The lowest BCUT2D eigenvalue weighted by Crippen LogP contribution is -2.29. The summed E-state index contributed by atoms with van der Waals surface area (Å²) in [5.74, 6) is -1.10. The van der Waals surface area contributed by atoms with Crippen molar-refractivity contribution >= 4 is 19.8 Å². The van der Waals surface area contributed by atoms with Crippen molar-refractivity contribution in [3.8, 4) is 0 Å². The fourth-order valence-electron chi connectivity index (χ4n) is 4.48. The minimum Gasteiger partial charge on any atom is -0.462 e. The van der Waals surface area contributed by atoms with Gasteiger partial charge in [0, 0.05) is 12.8 Å². The van der Waals surface area contributed by atoms with Crippen molar-refractivity contribution in [2.45, 2.75) is 123 Å². The van der Waals surface area contributed by atoms with Gasteiger partial charge in [0.2, 0.25) is 0 Å². The summed E-state index contributed by atoms with van der Waals surface area (Å²) < 4.78 is 26.2. The largest absolute Gasteiger partial charge is 0.469 e. The summed E-state index contributed by atoms with van der Waals surface area (Å²) in [6, 6.07) is 0. The molecular weight excluding hydrogens is 723 g/mol. The molecule has 0 heterocycles. The normalized spacial score (nSPS) is 14.0. The van der Waals surface area contributed by atoms with Crippen LogP contribution in [0.1, 0.15) is 117 Å². The molecule has 0 spiro atoms. The molecule has 1 atom stereocenters. The van der Waals surface area contributed by atoms with Gasteiger partial charge in [-0.05, 0) is 89.9 Å². The van der Waals surface area contributed by atoms with Gasteiger partial charge < -0.3 is 19.3 Å². The summed E-state index contributed by atoms with van der Waals surface area (Å²) in [5.41, 5.74) is 0. The van der Waals surface area contributed by atoms with E-state index in [2.05, 4.69) is 140 Å².